The average Bonchev–Trinajstić information content (AvgIpc) is 2.76. The van der Waals surface area contributed by atoms with Gasteiger partial charge in [-0.1, -0.05) is 30.3 Å². The number of aromatic nitrogens is 3. The molecule has 2 aromatic heterocycles. The third-order valence-electron chi connectivity index (χ3n) is 4.09. The highest BCUT2D eigenvalue weighted by Gasteiger charge is 2.06. The van der Waals surface area contributed by atoms with Gasteiger partial charge in [0, 0.05) is 41.0 Å². The Hall–Kier alpha value is -4.06. The first-order valence-corrected chi connectivity index (χ1v) is 8.74. The Morgan fingerprint density at radius 2 is 1.50 bits per heavy atom. The van der Waals surface area contributed by atoms with Crippen molar-refractivity contribution in [2.24, 2.45) is 0 Å². The van der Waals surface area contributed by atoms with Gasteiger partial charge in [0.15, 0.2) is 0 Å². The van der Waals surface area contributed by atoms with Crippen LogP contribution in [0.4, 0.5) is 17.2 Å². The SMILES string of the molecule is O=C(Nc1ccc(Nc2cc(-c3ccccc3)ncn2)cc1)c1ccncc1. The van der Waals surface area contributed by atoms with Crippen molar-refractivity contribution < 1.29 is 4.79 Å². The van der Waals surface area contributed by atoms with E-state index in [4.69, 9.17) is 0 Å². The van der Waals surface area contributed by atoms with Crippen LogP contribution in [0.5, 0.6) is 0 Å². The molecule has 6 nitrogen and oxygen atoms in total. The zero-order valence-corrected chi connectivity index (χ0v) is 14.9. The zero-order valence-electron chi connectivity index (χ0n) is 14.9. The number of anilines is 3. The van der Waals surface area contributed by atoms with E-state index in [1.165, 1.54) is 6.33 Å². The van der Waals surface area contributed by atoms with Gasteiger partial charge in [-0.2, -0.15) is 0 Å². The fourth-order valence-electron chi connectivity index (χ4n) is 2.68. The number of hydrogen-bond donors (Lipinski definition) is 2. The van der Waals surface area contributed by atoms with Gasteiger partial charge in [-0.25, -0.2) is 9.97 Å². The predicted molar refractivity (Wildman–Crippen MR) is 109 cm³/mol. The van der Waals surface area contributed by atoms with E-state index in [1.807, 2.05) is 60.7 Å². The van der Waals surface area contributed by atoms with Gasteiger partial charge in [0.2, 0.25) is 0 Å². The summed E-state index contributed by atoms with van der Waals surface area (Å²) in [5.74, 6) is 0.522. The van der Waals surface area contributed by atoms with E-state index in [9.17, 15) is 4.79 Å². The summed E-state index contributed by atoms with van der Waals surface area (Å²) >= 11 is 0. The molecule has 136 valence electrons. The number of nitrogens with zero attached hydrogens (tertiary/aromatic N) is 3. The van der Waals surface area contributed by atoms with Gasteiger partial charge in [0.1, 0.15) is 12.1 Å². The Bertz CT molecular complexity index is 1070. The quantitative estimate of drug-likeness (QED) is 0.541. The zero-order chi connectivity index (χ0) is 19.2. The Labute approximate surface area is 162 Å². The van der Waals surface area contributed by atoms with Gasteiger partial charge in [0.05, 0.1) is 5.69 Å². The van der Waals surface area contributed by atoms with Crippen molar-refractivity contribution in [1.29, 1.82) is 0 Å². The molecule has 0 aliphatic carbocycles. The fraction of sp³-hybridized carbons (Fsp3) is 0. The number of amides is 1. The van der Waals surface area contributed by atoms with Crippen molar-refractivity contribution in [1.82, 2.24) is 15.0 Å². The van der Waals surface area contributed by atoms with Crippen LogP contribution in [0.25, 0.3) is 11.3 Å². The molecule has 2 aromatic carbocycles. The molecule has 0 radical (unpaired) electrons. The van der Waals surface area contributed by atoms with E-state index < -0.39 is 0 Å². The molecule has 0 fully saturated rings. The van der Waals surface area contributed by atoms with Crippen LogP contribution >= 0.6 is 0 Å². The molecule has 0 unspecified atom stereocenters. The monoisotopic (exact) mass is 367 g/mol. The van der Waals surface area contributed by atoms with Gasteiger partial charge in [-0.05, 0) is 36.4 Å². The number of rotatable bonds is 5. The first kappa shape index (κ1) is 17.4. The van der Waals surface area contributed by atoms with E-state index in [-0.39, 0.29) is 5.91 Å². The number of pyridine rings is 1. The number of benzene rings is 2. The molecule has 0 saturated heterocycles. The average molecular weight is 367 g/mol. The number of carbonyl (C=O) groups excluding carboxylic acids is 1. The smallest absolute Gasteiger partial charge is 0.255 e. The molecule has 28 heavy (non-hydrogen) atoms. The summed E-state index contributed by atoms with van der Waals surface area (Å²) in [5.41, 5.74) is 4.01. The summed E-state index contributed by atoms with van der Waals surface area (Å²) in [7, 11) is 0. The van der Waals surface area contributed by atoms with Crippen LogP contribution in [0, 0.1) is 0 Å². The number of carbonyl (C=O) groups is 1. The van der Waals surface area contributed by atoms with E-state index in [2.05, 4.69) is 25.6 Å². The highest BCUT2D eigenvalue weighted by Crippen LogP contribution is 2.22. The van der Waals surface area contributed by atoms with E-state index in [0.29, 0.717) is 17.1 Å². The molecule has 1 amide bonds. The minimum atomic E-state index is -0.175. The molecule has 2 N–H and O–H groups in total. The molecule has 0 saturated carbocycles. The largest absolute Gasteiger partial charge is 0.340 e. The van der Waals surface area contributed by atoms with Gasteiger partial charge in [-0.3, -0.25) is 9.78 Å². The minimum Gasteiger partial charge on any atom is -0.340 e. The summed E-state index contributed by atoms with van der Waals surface area (Å²) in [6.45, 7) is 0. The summed E-state index contributed by atoms with van der Waals surface area (Å²) in [4.78, 5) is 24.7. The topological polar surface area (TPSA) is 79.8 Å². The maximum atomic E-state index is 12.2. The Balaban J connectivity index is 1.44. The van der Waals surface area contributed by atoms with Crippen LogP contribution in [0.1, 0.15) is 10.4 Å². The maximum absolute atomic E-state index is 12.2. The van der Waals surface area contributed by atoms with Crippen LogP contribution in [-0.2, 0) is 0 Å². The molecule has 0 bridgehead atoms. The first-order chi connectivity index (χ1) is 13.8. The Kier molecular flexibility index (Phi) is 5.02. The molecule has 0 atom stereocenters. The van der Waals surface area contributed by atoms with Crippen molar-refractivity contribution in [3.8, 4) is 11.3 Å². The molecule has 0 spiro atoms. The maximum Gasteiger partial charge on any atom is 0.255 e. The third-order valence-corrected chi connectivity index (χ3v) is 4.09. The second-order valence-electron chi connectivity index (χ2n) is 6.05. The Morgan fingerprint density at radius 1 is 0.786 bits per heavy atom. The number of nitrogens with one attached hydrogen (secondary N) is 2. The summed E-state index contributed by atoms with van der Waals surface area (Å²) in [6, 6.07) is 22.6. The van der Waals surface area contributed by atoms with Gasteiger partial charge in [-0.15, -0.1) is 0 Å². The van der Waals surface area contributed by atoms with Crippen LogP contribution in [0.3, 0.4) is 0 Å². The first-order valence-electron chi connectivity index (χ1n) is 8.74. The van der Waals surface area contributed by atoms with Crippen molar-refractivity contribution >= 4 is 23.1 Å². The molecule has 4 rings (SSSR count). The highest BCUT2D eigenvalue weighted by atomic mass is 16.1. The number of hydrogen-bond acceptors (Lipinski definition) is 5. The lowest BCUT2D eigenvalue weighted by atomic mass is 10.1. The molecule has 4 aromatic rings. The summed E-state index contributed by atoms with van der Waals surface area (Å²) in [6.07, 6.45) is 4.72. The molecule has 0 aliphatic rings. The minimum absolute atomic E-state index is 0.175. The van der Waals surface area contributed by atoms with Crippen LogP contribution in [0.15, 0.2) is 91.5 Å². The molecule has 2 heterocycles. The van der Waals surface area contributed by atoms with Crippen LogP contribution < -0.4 is 10.6 Å². The van der Waals surface area contributed by atoms with E-state index in [1.54, 1.807) is 24.5 Å². The van der Waals surface area contributed by atoms with Crippen LogP contribution in [-0.4, -0.2) is 20.9 Å². The summed E-state index contributed by atoms with van der Waals surface area (Å²) in [5, 5.41) is 6.11. The standard InChI is InChI=1S/C22H17N5O/c28-22(17-10-12-23-13-11-17)27-19-8-6-18(7-9-19)26-21-14-20(24-15-25-21)16-4-2-1-3-5-16/h1-15H,(H,27,28)(H,24,25,26). The fourth-order valence-corrected chi connectivity index (χ4v) is 2.68. The summed E-state index contributed by atoms with van der Waals surface area (Å²) < 4.78 is 0. The predicted octanol–water partition coefficient (Wildman–Crippen LogP) is 4.53. The second kappa shape index (κ2) is 8.09. The van der Waals surface area contributed by atoms with E-state index in [0.717, 1.165) is 16.9 Å². The lowest BCUT2D eigenvalue weighted by molar-refractivity contribution is 0.102. The van der Waals surface area contributed by atoms with Crippen molar-refractivity contribution in [3.05, 3.63) is 97.1 Å². The highest BCUT2D eigenvalue weighted by molar-refractivity contribution is 6.04. The molecule has 6 heteroatoms. The second-order valence-corrected chi connectivity index (χ2v) is 6.05. The lowest BCUT2D eigenvalue weighted by Crippen LogP contribution is -2.11. The van der Waals surface area contributed by atoms with E-state index >= 15 is 0 Å². The van der Waals surface area contributed by atoms with Gasteiger partial charge >= 0.3 is 0 Å². The van der Waals surface area contributed by atoms with Gasteiger partial charge < -0.3 is 10.6 Å². The lowest BCUT2D eigenvalue weighted by Gasteiger charge is -2.09. The third kappa shape index (κ3) is 4.19. The normalized spacial score (nSPS) is 10.3. The van der Waals surface area contributed by atoms with Gasteiger partial charge in [0.25, 0.3) is 5.91 Å². The molecular formula is C22H17N5O. The molecular weight excluding hydrogens is 350 g/mol. The molecule has 0 aliphatic heterocycles. The van der Waals surface area contributed by atoms with Crippen LogP contribution in [0.2, 0.25) is 0 Å². The van der Waals surface area contributed by atoms with Crippen molar-refractivity contribution in [2.75, 3.05) is 10.6 Å². The van der Waals surface area contributed by atoms with Crippen molar-refractivity contribution in [3.63, 3.8) is 0 Å². The Morgan fingerprint density at radius 3 is 2.25 bits per heavy atom. The van der Waals surface area contributed by atoms with Crippen molar-refractivity contribution in [2.45, 2.75) is 0 Å².